The summed E-state index contributed by atoms with van der Waals surface area (Å²) < 4.78 is 0. The van der Waals surface area contributed by atoms with Gasteiger partial charge in [0.1, 0.15) is 0 Å². The maximum atomic E-state index is 10.5. The van der Waals surface area contributed by atoms with Gasteiger partial charge in [0.15, 0.2) is 0 Å². The molecule has 14 heavy (non-hydrogen) atoms. The molecule has 4 heteroatoms. The third-order valence-electron chi connectivity index (χ3n) is 2.64. The Morgan fingerprint density at radius 1 is 1.64 bits per heavy atom. The van der Waals surface area contributed by atoms with E-state index < -0.39 is 6.09 Å². The Morgan fingerprint density at radius 3 is 2.86 bits per heavy atom. The Balaban J connectivity index is 2.36. The predicted molar refractivity (Wildman–Crippen MR) is 55.5 cm³/mol. The van der Waals surface area contributed by atoms with Gasteiger partial charge in [-0.2, -0.15) is 0 Å². The van der Waals surface area contributed by atoms with Crippen molar-refractivity contribution >= 4 is 6.09 Å². The summed E-state index contributed by atoms with van der Waals surface area (Å²) in [6.07, 6.45) is 2.39. The topological polar surface area (TPSA) is 61.4 Å². The molecule has 0 unspecified atom stereocenters. The van der Waals surface area contributed by atoms with Crippen molar-refractivity contribution in [2.75, 3.05) is 13.1 Å². The van der Waals surface area contributed by atoms with E-state index in [1.807, 2.05) is 13.8 Å². The van der Waals surface area contributed by atoms with Gasteiger partial charge in [-0.15, -0.1) is 0 Å². The van der Waals surface area contributed by atoms with E-state index in [2.05, 4.69) is 10.6 Å². The van der Waals surface area contributed by atoms with Gasteiger partial charge in [0.05, 0.1) is 0 Å². The van der Waals surface area contributed by atoms with Crippen molar-refractivity contribution in [1.29, 1.82) is 0 Å². The van der Waals surface area contributed by atoms with E-state index in [0.717, 1.165) is 19.5 Å². The van der Waals surface area contributed by atoms with Crippen molar-refractivity contribution in [3.8, 4) is 0 Å². The van der Waals surface area contributed by atoms with Crippen LogP contribution in [0.1, 0.15) is 33.1 Å². The van der Waals surface area contributed by atoms with Crippen LogP contribution in [0.25, 0.3) is 0 Å². The lowest BCUT2D eigenvalue weighted by molar-refractivity contribution is 0.173. The summed E-state index contributed by atoms with van der Waals surface area (Å²) in [5.41, 5.74) is -0.310. The van der Waals surface area contributed by atoms with Gasteiger partial charge in [0.25, 0.3) is 0 Å². The molecule has 0 aromatic rings. The zero-order valence-corrected chi connectivity index (χ0v) is 8.97. The quantitative estimate of drug-likeness (QED) is 0.645. The highest BCUT2D eigenvalue weighted by molar-refractivity contribution is 5.65. The van der Waals surface area contributed by atoms with Crippen molar-refractivity contribution in [2.45, 2.75) is 38.6 Å². The minimum Gasteiger partial charge on any atom is -0.465 e. The zero-order chi connectivity index (χ0) is 10.6. The number of amides is 1. The summed E-state index contributed by atoms with van der Waals surface area (Å²) in [7, 11) is 0. The van der Waals surface area contributed by atoms with Crippen molar-refractivity contribution in [3.63, 3.8) is 0 Å². The van der Waals surface area contributed by atoms with Crippen LogP contribution in [0.15, 0.2) is 0 Å². The van der Waals surface area contributed by atoms with E-state index in [1.165, 1.54) is 12.8 Å². The Morgan fingerprint density at radius 2 is 2.36 bits per heavy atom. The lowest BCUT2D eigenvalue weighted by Gasteiger charge is -2.32. The molecular formula is C10H20N2O2. The second-order valence-corrected chi connectivity index (χ2v) is 4.73. The van der Waals surface area contributed by atoms with Gasteiger partial charge in [-0.1, -0.05) is 0 Å². The first kappa shape index (κ1) is 11.3. The molecule has 0 aliphatic carbocycles. The summed E-state index contributed by atoms with van der Waals surface area (Å²) >= 11 is 0. The molecule has 1 amide bonds. The second kappa shape index (κ2) is 4.64. The molecular weight excluding hydrogens is 180 g/mol. The van der Waals surface area contributed by atoms with Crippen molar-refractivity contribution < 1.29 is 9.90 Å². The van der Waals surface area contributed by atoms with Crippen LogP contribution in [0.4, 0.5) is 4.79 Å². The molecule has 4 nitrogen and oxygen atoms in total. The number of nitrogens with one attached hydrogen (secondary N) is 2. The highest BCUT2D eigenvalue weighted by Gasteiger charge is 2.25. The third-order valence-corrected chi connectivity index (χ3v) is 2.64. The van der Waals surface area contributed by atoms with Crippen LogP contribution in [-0.2, 0) is 0 Å². The minimum absolute atomic E-state index is 0.310. The van der Waals surface area contributed by atoms with Crippen LogP contribution in [-0.4, -0.2) is 29.8 Å². The van der Waals surface area contributed by atoms with E-state index in [0.29, 0.717) is 5.92 Å². The molecule has 1 aliphatic rings. The third kappa shape index (κ3) is 3.96. The second-order valence-electron chi connectivity index (χ2n) is 4.73. The lowest BCUT2D eigenvalue weighted by atomic mass is 9.86. The predicted octanol–water partition coefficient (Wildman–Crippen LogP) is 1.42. The van der Waals surface area contributed by atoms with Crippen LogP contribution in [0.5, 0.6) is 0 Å². The molecule has 0 radical (unpaired) electrons. The Hall–Kier alpha value is -0.770. The fraction of sp³-hybridized carbons (Fsp3) is 0.900. The highest BCUT2D eigenvalue weighted by atomic mass is 16.4. The van der Waals surface area contributed by atoms with E-state index >= 15 is 0 Å². The zero-order valence-electron chi connectivity index (χ0n) is 8.97. The fourth-order valence-corrected chi connectivity index (χ4v) is 2.16. The molecule has 0 aromatic heterocycles. The van der Waals surface area contributed by atoms with Gasteiger partial charge in [0.2, 0.25) is 0 Å². The molecule has 1 heterocycles. The molecule has 0 aromatic carbocycles. The SMILES string of the molecule is CC(C)(C[C@@H]1CCCNC1)NC(=O)O. The molecule has 1 aliphatic heterocycles. The average Bonchev–Trinajstić information content (AvgIpc) is 2.02. The Kier molecular flexibility index (Phi) is 3.75. The van der Waals surface area contributed by atoms with Gasteiger partial charge in [-0.25, -0.2) is 4.79 Å². The van der Waals surface area contributed by atoms with E-state index in [1.54, 1.807) is 0 Å². The van der Waals surface area contributed by atoms with Gasteiger partial charge >= 0.3 is 6.09 Å². The maximum Gasteiger partial charge on any atom is 0.405 e. The fourth-order valence-electron chi connectivity index (χ4n) is 2.16. The first-order chi connectivity index (χ1) is 6.49. The summed E-state index contributed by atoms with van der Waals surface area (Å²) in [5.74, 6) is 0.602. The van der Waals surface area contributed by atoms with Crippen molar-refractivity contribution in [1.82, 2.24) is 10.6 Å². The number of carboxylic acid groups (broad SMARTS) is 1. The molecule has 3 N–H and O–H groups in total. The summed E-state index contributed by atoms with van der Waals surface area (Å²) in [5, 5.41) is 14.5. The summed E-state index contributed by atoms with van der Waals surface area (Å²) in [6, 6.07) is 0. The normalized spacial score (nSPS) is 23.1. The first-order valence-corrected chi connectivity index (χ1v) is 5.21. The lowest BCUT2D eigenvalue weighted by Crippen LogP contribution is -2.46. The van der Waals surface area contributed by atoms with Gasteiger partial charge in [0, 0.05) is 5.54 Å². The Labute approximate surface area is 85.1 Å². The summed E-state index contributed by atoms with van der Waals surface area (Å²) in [4.78, 5) is 10.5. The van der Waals surface area contributed by atoms with Crippen molar-refractivity contribution in [3.05, 3.63) is 0 Å². The highest BCUT2D eigenvalue weighted by Crippen LogP contribution is 2.21. The number of hydrogen-bond donors (Lipinski definition) is 3. The molecule has 0 bridgehead atoms. The number of hydrogen-bond acceptors (Lipinski definition) is 2. The Bertz CT molecular complexity index is 198. The maximum absolute atomic E-state index is 10.5. The van der Waals surface area contributed by atoms with Crippen LogP contribution in [0, 0.1) is 5.92 Å². The summed E-state index contributed by atoms with van der Waals surface area (Å²) in [6.45, 7) is 6.00. The van der Waals surface area contributed by atoms with E-state index in [-0.39, 0.29) is 5.54 Å². The first-order valence-electron chi connectivity index (χ1n) is 5.21. The van der Waals surface area contributed by atoms with Gasteiger partial charge in [-0.3, -0.25) is 0 Å². The minimum atomic E-state index is -0.932. The number of piperidine rings is 1. The smallest absolute Gasteiger partial charge is 0.405 e. The van der Waals surface area contributed by atoms with Crippen molar-refractivity contribution in [2.24, 2.45) is 5.92 Å². The molecule has 1 saturated heterocycles. The van der Waals surface area contributed by atoms with Crippen LogP contribution in [0.3, 0.4) is 0 Å². The molecule has 0 saturated carbocycles. The molecule has 82 valence electrons. The van der Waals surface area contributed by atoms with Crippen LogP contribution >= 0.6 is 0 Å². The molecule has 1 rings (SSSR count). The van der Waals surface area contributed by atoms with E-state index in [4.69, 9.17) is 5.11 Å². The van der Waals surface area contributed by atoms with Gasteiger partial charge < -0.3 is 15.7 Å². The number of rotatable bonds is 3. The van der Waals surface area contributed by atoms with Gasteiger partial charge in [-0.05, 0) is 52.1 Å². The van der Waals surface area contributed by atoms with E-state index in [9.17, 15) is 4.79 Å². The number of carbonyl (C=O) groups is 1. The standard InChI is InChI=1S/C10H20N2O2/c1-10(2,12-9(13)14)6-8-4-3-5-11-7-8/h8,11-12H,3-7H2,1-2H3,(H,13,14)/t8-/m0/s1. The van der Waals surface area contributed by atoms with Crippen LogP contribution in [0.2, 0.25) is 0 Å². The van der Waals surface area contributed by atoms with Crippen LogP contribution < -0.4 is 10.6 Å². The monoisotopic (exact) mass is 200 g/mol. The average molecular weight is 200 g/mol. The molecule has 1 fully saturated rings. The molecule has 1 atom stereocenters. The largest absolute Gasteiger partial charge is 0.465 e. The molecule has 0 spiro atoms.